The number of aliphatic hydroxyl groups is 1. The van der Waals surface area contributed by atoms with Gasteiger partial charge in [-0.2, -0.15) is 0 Å². The third-order valence-corrected chi connectivity index (χ3v) is 4.43. The van der Waals surface area contributed by atoms with Crippen LogP contribution >= 0.6 is 0 Å². The molecule has 0 aromatic heterocycles. The molecule has 1 aliphatic rings. The van der Waals surface area contributed by atoms with Gasteiger partial charge in [-0.25, -0.2) is 4.79 Å². The number of amides is 2. The lowest BCUT2D eigenvalue weighted by Crippen LogP contribution is -2.43. The van der Waals surface area contributed by atoms with E-state index in [1.165, 1.54) is 11.1 Å². The number of hydrogen-bond acceptors (Lipinski definition) is 2. The van der Waals surface area contributed by atoms with E-state index in [-0.39, 0.29) is 18.7 Å². The number of nitrogens with zero attached hydrogens (tertiary/aromatic N) is 1. The smallest absolute Gasteiger partial charge is 0.322 e. The Hall–Kier alpha value is -2.33. The van der Waals surface area contributed by atoms with E-state index in [1.807, 2.05) is 42.5 Å². The summed E-state index contributed by atoms with van der Waals surface area (Å²) < 4.78 is 0. The van der Waals surface area contributed by atoms with Crippen molar-refractivity contribution in [1.29, 1.82) is 0 Å². The quantitative estimate of drug-likeness (QED) is 0.913. The maximum Gasteiger partial charge on any atom is 0.322 e. The molecule has 2 amide bonds. The second-order valence-electron chi connectivity index (χ2n) is 5.82. The number of carbonyl (C=O) groups is 1. The van der Waals surface area contributed by atoms with Crippen LogP contribution in [-0.2, 0) is 12.8 Å². The Kier molecular flexibility index (Phi) is 4.63. The summed E-state index contributed by atoms with van der Waals surface area (Å²) in [5.41, 5.74) is 4.23. The number of carbonyl (C=O) groups excluding carboxylic acids is 1. The molecule has 0 aliphatic carbocycles. The highest BCUT2D eigenvalue weighted by Crippen LogP contribution is 2.29. The number of aryl methyl sites for hydroxylation is 1. The first-order valence-corrected chi connectivity index (χ1v) is 8.08. The van der Waals surface area contributed by atoms with Gasteiger partial charge < -0.3 is 15.3 Å². The second kappa shape index (κ2) is 6.84. The van der Waals surface area contributed by atoms with Gasteiger partial charge in [0.1, 0.15) is 0 Å². The van der Waals surface area contributed by atoms with Crippen LogP contribution in [0.25, 0.3) is 0 Å². The maximum atomic E-state index is 12.6. The fourth-order valence-corrected chi connectivity index (χ4v) is 3.16. The monoisotopic (exact) mass is 310 g/mol. The summed E-state index contributed by atoms with van der Waals surface area (Å²) in [5, 5.41) is 12.7. The van der Waals surface area contributed by atoms with Crippen molar-refractivity contribution in [3.8, 4) is 0 Å². The zero-order valence-corrected chi connectivity index (χ0v) is 13.3. The summed E-state index contributed by atoms with van der Waals surface area (Å²) in [5.74, 6) is 0. The van der Waals surface area contributed by atoms with Crippen LogP contribution in [0.2, 0.25) is 0 Å². The largest absolute Gasteiger partial charge is 0.394 e. The standard InChI is InChI=1S/C19H22N2O2/c1-2-14-6-5-8-16(12-14)20-19(23)21-11-10-15-7-3-4-9-17(15)18(21)13-22/h3-9,12,18,22H,2,10-11,13H2,1H3,(H,20,23). The van der Waals surface area contributed by atoms with Gasteiger partial charge in [-0.05, 0) is 41.7 Å². The molecule has 0 saturated heterocycles. The van der Waals surface area contributed by atoms with Crippen LogP contribution in [0.1, 0.15) is 29.7 Å². The van der Waals surface area contributed by atoms with Gasteiger partial charge in [-0.1, -0.05) is 43.3 Å². The molecule has 0 spiro atoms. The van der Waals surface area contributed by atoms with Crippen LogP contribution in [0.5, 0.6) is 0 Å². The zero-order valence-electron chi connectivity index (χ0n) is 13.3. The first-order chi connectivity index (χ1) is 11.2. The molecule has 0 saturated carbocycles. The second-order valence-corrected chi connectivity index (χ2v) is 5.82. The molecule has 1 atom stereocenters. The van der Waals surface area contributed by atoms with Crippen LogP contribution in [0, 0.1) is 0 Å². The molecule has 0 bridgehead atoms. The number of nitrogens with one attached hydrogen (secondary N) is 1. The highest BCUT2D eigenvalue weighted by Gasteiger charge is 2.30. The molecule has 120 valence electrons. The molecule has 4 nitrogen and oxygen atoms in total. The number of urea groups is 1. The van der Waals surface area contributed by atoms with Crippen molar-refractivity contribution in [2.75, 3.05) is 18.5 Å². The fourth-order valence-electron chi connectivity index (χ4n) is 3.16. The van der Waals surface area contributed by atoms with E-state index in [0.29, 0.717) is 6.54 Å². The number of hydrogen-bond donors (Lipinski definition) is 2. The topological polar surface area (TPSA) is 52.6 Å². The number of anilines is 1. The van der Waals surface area contributed by atoms with Crippen molar-refractivity contribution < 1.29 is 9.90 Å². The highest BCUT2D eigenvalue weighted by atomic mass is 16.3. The highest BCUT2D eigenvalue weighted by molar-refractivity contribution is 5.90. The Labute approximate surface area is 136 Å². The van der Waals surface area contributed by atoms with E-state index in [0.717, 1.165) is 24.1 Å². The van der Waals surface area contributed by atoms with E-state index < -0.39 is 0 Å². The van der Waals surface area contributed by atoms with Crippen LogP contribution in [-0.4, -0.2) is 29.2 Å². The van der Waals surface area contributed by atoms with Crippen molar-refractivity contribution in [3.05, 3.63) is 65.2 Å². The first-order valence-electron chi connectivity index (χ1n) is 8.08. The molecule has 3 rings (SSSR count). The zero-order chi connectivity index (χ0) is 16.2. The average Bonchev–Trinajstić information content (AvgIpc) is 2.60. The molecule has 1 heterocycles. The maximum absolute atomic E-state index is 12.6. The van der Waals surface area contributed by atoms with E-state index >= 15 is 0 Å². The lowest BCUT2D eigenvalue weighted by atomic mass is 9.93. The summed E-state index contributed by atoms with van der Waals surface area (Å²) in [6.45, 7) is 2.63. The van der Waals surface area contributed by atoms with Gasteiger partial charge in [-0.3, -0.25) is 0 Å². The molecule has 1 aliphatic heterocycles. The average molecular weight is 310 g/mol. The minimum atomic E-state index is -0.283. The van der Waals surface area contributed by atoms with Gasteiger partial charge in [0.05, 0.1) is 12.6 Å². The molecular formula is C19H22N2O2. The van der Waals surface area contributed by atoms with Crippen LogP contribution in [0.15, 0.2) is 48.5 Å². The van der Waals surface area contributed by atoms with E-state index in [1.54, 1.807) is 4.90 Å². The van der Waals surface area contributed by atoms with Gasteiger partial charge in [0.15, 0.2) is 0 Å². The first kappa shape index (κ1) is 15.6. The number of fused-ring (bicyclic) bond motifs is 1. The number of rotatable bonds is 3. The van der Waals surface area contributed by atoms with Crippen LogP contribution in [0.4, 0.5) is 10.5 Å². The minimum absolute atomic E-state index is 0.0700. The van der Waals surface area contributed by atoms with Crippen LogP contribution in [0.3, 0.4) is 0 Å². The molecule has 0 radical (unpaired) electrons. The summed E-state index contributed by atoms with van der Waals surface area (Å²) in [6, 6.07) is 15.4. The van der Waals surface area contributed by atoms with Crippen molar-refractivity contribution >= 4 is 11.7 Å². The van der Waals surface area contributed by atoms with E-state index in [9.17, 15) is 9.90 Å². The molecule has 2 N–H and O–H groups in total. The summed E-state index contributed by atoms with van der Waals surface area (Å²) in [6.07, 6.45) is 1.75. The predicted octanol–water partition coefficient (Wildman–Crippen LogP) is 3.37. The molecule has 23 heavy (non-hydrogen) atoms. The normalized spacial score (nSPS) is 16.8. The van der Waals surface area contributed by atoms with Gasteiger partial charge in [-0.15, -0.1) is 0 Å². The lowest BCUT2D eigenvalue weighted by molar-refractivity contribution is 0.135. The third kappa shape index (κ3) is 3.22. The van der Waals surface area contributed by atoms with Gasteiger partial charge in [0.25, 0.3) is 0 Å². The van der Waals surface area contributed by atoms with Gasteiger partial charge in [0, 0.05) is 12.2 Å². The van der Waals surface area contributed by atoms with Gasteiger partial charge in [0.2, 0.25) is 0 Å². The van der Waals surface area contributed by atoms with Crippen molar-refractivity contribution in [2.24, 2.45) is 0 Å². The number of aliphatic hydroxyl groups excluding tert-OH is 1. The summed E-state index contributed by atoms with van der Waals surface area (Å²) in [7, 11) is 0. The predicted molar refractivity (Wildman–Crippen MR) is 91.5 cm³/mol. The molecule has 0 fully saturated rings. The molecule has 4 heteroatoms. The Bertz CT molecular complexity index is 699. The Morgan fingerprint density at radius 2 is 2.09 bits per heavy atom. The van der Waals surface area contributed by atoms with Crippen LogP contribution < -0.4 is 5.32 Å². The minimum Gasteiger partial charge on any atom is -0.394 e. The van der Waals surface area contributed by atoms with Crippen molar-refractivity contribution in [1.82, 2.24) is 4.90 Å². The third-order valence-electron chi connectivity index (χ3n) is 4.43. The lowest BCUT2D eigenvalue weighted by Gasteiger charge is -2.36. The SMILES string of the molecule is CCc1cccc(NC(=O)N2CCc3ccccc3C2CO)c1. The molecule has 2 aromatic carbocycles. The van der Waals surface area contributed by atoms with Crippen molar-refractivity contribution in [3.63, 3.8) is 0 Å². The number of benzene rings is 2. The van der Waals surface area contributed by atoms with Gasteiger partial charge >= 0.3 is 6.03 Å². The fraction of sp³-hybridized carbons (Fsp3) is 0.316. The Morgan fingerprint density at radius 1 is 1.26 bits per heavy atom. The Balaban J connectivity index is 1.79. The molecule has 2 aromatic rings. The van der Waals surface area contributed by atoms with E-state index in [4.69, 9.17) is 0 Å². The van der Waals surface area contributed by atoms with E-state index in [2.05, 4.69) is 18.3 Å². The summed E-state index contributed by atoms with van der Waals surface area (Å²) >= 11 is 0. The van der Waals surface area contributed by atoms with Crippen molar-refractivity contribution in [2.45, 2.75) is 25.8 Å². The molecular weight excluding hydrogens is 288 g/mol. The molecule has 1 unspecified atom stereocenters. The Morgan fingerprint density at radius 3 is 2.87 bits per heavy atom. The summed E-state index contributed by atoms with van der Waals surface area (Å²) in [4.78, 5) is 14.4.